The summed E-state index contributed by atoms with van der Waals surface area (Å²) in [5, 5.41) is 47.8. The van der Waals surface area contributed by atoms with Crippen LogP contribution in [0.2, 0.25) is 0 Å². The van der Waals surface area contributed by atoms with E-state index in [1.165, 1.54) is 68.2 Å². The Bertz CT molecular complexity index is 2610. The normalized spacial score (nSPS) is 21.2. The van der Waals surface area contributed by atoms with E-state index in [0.29, 0.717) is 69.9 Å². The molecule has 356 valence electrons. The lowest BCUT2D eigenvalue weighted by Crippen LogP contribution is -2.74. The molecule has 1 unspecified atom stereocenters. The van der Waals surface area contributed by atoms with Gasteiger partial charge in [0.05, 0.1) is 37.3 Å². The third kappa shape index (κ3) is 10.9. The molecule has 0 radical (unpaired) electrons. The summed E-state index contributed by atoms with van der Waals surface area (Å²) >= 11 is 7.55. The van der Waals surface area contributed by atoms with Crippen LogP contribution in [0.1, 0.15) is 11.4 Å². The number of aliphatic carboxylic acids is 1. The number of nitrogens with two attached hydrogens (primary N) is 1. The number of likely N-dealkylation sites (N-methyl/N-ethyl adjacent to an activating group) is 2. The fourth-order valence-corrected chi connectivity index (χ4v) is 13.1. The number of hydrogen-bond donors (Lipinski definition) is 5. The maximum absolute atomic E-state index is 14.2. The average Bonchev–Trinajstić information content (AvgIpc) is 4.13. The summed E-state index contributed by atoms with van der Waals surface area (Å²) < 4.78 is 3.31. The number of anilines is 2. The second-order valence-corrected chi connectivity index (χ2v) is 21.6. The van der Waals surface area contributed by atoms with Crippen LogP contribution in [0, 0.1) is 0 Å². The molecule has 0 bridgehead atoms. The van der Waals surface area contributed by atoms with E-state index in [-0.39, 0.29) is 35.2 Å². The van der Waals surface area contributed by atoms with Gasteiger partial charge in [0, 0.05) is 41.1 Å². The number of thioether (sulfide) groups is 4. The summed E-state index contributed by atoms with van der Waals surface area (Å²) in [5.41, 5.74) is 7.54. The highest BCUT2D eigenvalue weighted by atomic mass is 32.2. The molecule has 4 aliphatic rings. The number of carboxylic acid groups (broad SMARTS) is 1. The number of nitrogen functional groups attached to an aromatic ring is 1. The van der Waals surface area contributed by atoms with E-state index >= 15 is 0 Å². The van der Waals surface area contributed by atoms with Gasteiger partial charge in [0.1, 0.15) is 34.6 Å². The molecule has 4 aromatic rings. The minimum Gasteiger partial charge on any atom is -0.477 e. The molecule has 0 aliphatic carbocycles. The van der Waals surface area contributed by atoms with Gasteiger partial charge in [0.25, 0.3) is 11.8 Å². The van der Waals surface area contributed by atoms with E-state index in [1.54, 1.807) is 20.1 Å². The molecule has 0 spiro atoms. The van der Waals surface area contributed by atoms with Crippen molar-refractivity contribution in [2.75, 3.05) is 69.6 Å². The topological polar surface area (TPSA) is 311 Å². The zero-order valence-corrected chi connectivity index (χ0v) is 41.1. The number of hydrogen-bond acceptors (Lipinski definition) is 23. The molecular formula is C36H44N18O7S6. The molecule has 0 saturated carbocycles. The Balaban J connectivity index is 0.891. The van der Waals surface area contributed by atoms with E-state index in [4.69, 9.17) is 5.73 Å². The molecule has 8 heterocycles. The van der Waals surface area contributed by atoms with Gasteiger partial charge in [-0.05, 0) is 65.6 Å². The Labute approximate surface area is 406 Å². The van der Waals surface area contributed by atoms with Gasteiger partial charge in [0.15, 0.2) is 10.3 Å². The highest BCUT2D eigenvalue weighted by Crippen LogP contribution is 2.43. The molecule has 2 fully saturated rings. The second kappa shape index (κ2) is 21.0. The summed E-state index contributed by atoms with van der Waals surface area (Å²) in [5.74, 6) is -2.89. The maximum Gasteiger partial charge on any atom is 0.352 e. The highest BCUT2D eigenvalue weighted by molar-refractivity contribution is 8.03. The minimum absolute atomic E-state index is 0.0646. The van der Waals surface area contributed by atoms with Crippen molar-refractivity contribution >= 4 is 115 Å². The Morgan fingerprint density at radius 1 is 0.836 bits per heavy atom. The zero-order chi connectivity index (χ0) is 47.5. The number of β-lactam (4-membered cyclic amide) rings is 2. The maximum atomic E-state index is 14.2. The number of amides is 5. The predicted molar refractivity (Wildman–Crippen MR) is 251 cm³/mol. The SMILES string of the molecule is CN(C)CCn1nnnc1SCC1=CS[C@@H]2[C@@H](NC(=O)Cc3csc(N)n3)C(=O)N2C1C(=O)Nc1nc(CC(=O)N[C@H]2C(=O)N3C(C(=O)O)=C(CSc4nnnn4CCN(C)C)CS[C@@H]23)cs1. The Morgan fingerprint density at radius 3 is 2.03 bits per heavy atom. The fourth-order valence-electron chi connectivity index (χ4n) is 7.21. The largest absolute Gasteiger partial charge is 0.477 e. The first kappa shape index (κ1) is 48.3. The lowest BCUT2D eigenvalue weighted by atomic mass is 9.98. The van der Waals surface area contributed by atoms with E-state index < -0.39 is 64.4 Å². The number of nitrogens with zero attached hydrogens (tertiary/aromatic N) is 14. The predicted octanol–water partition coefficient (Wildman–Crippen LogP) is -1.02. The number of fused-ring (bicyclic) bond motifs is 2. The Morgan fingerprint density at radius 2 is 1.43 bits per heavy atom. The zero-order valence-electron chi connectivity index (χ0n) is 36.2. The third-order valence-electron chi connectivity index (χ3n) is 10.5. The van der Waals surface area contributed by atoms with Crippen molar-refractivity contribution in [1.82, 2.24) is 80.6 Å². The molecule has 67 heavy (non-hydrogen) atoms. The quantitative estimate of drug-likeness (QED) is 0.0493. The monoisotopic (exact) mass is 1030 g/mol. The summed E-state index contributed by atoms with van der Waals surface area (Å²) in [6.07, 6.45) is -0.295. The summed E-state index contributed by atoms with van der Waals surface area (Å²) in [6.45, 7) is 2.48. The summed E-state index contributed by atoms with van der Waals surface area (Å²) in [4.78, 5) is 95.3. The van der Waals surface area contributed by atoms with Crippen LogP contribution in [0.4, 0.5) is 10.3 Å². The standard InChI is InChI=1S/C36H44N18O7S6/c1-49(2)5-7-51-35(43-45-47-51)66-13-17-11-62-30-23(40-21(55)9-19-15-64-33(37)38-19)28(58)53(30)25(17)27(57)42-34-39-20(16-65-34)10-22(56)41-24-29(59)54-26(32(60)61)18(12-63-31(24)54)14-67-36-44-46-48-52(36)8-6-50(3)4/h11,15-16,23-25,30-31H,5-10,12-14H2,1-4H3,(H2,37,38)(H,40,55)(H,41,56)(H,60,61)(H,39,42,57)/t23-,24-,25?,30+,31-/m0/s1. The Hall–Kier alpha value is -5.18. The van der Waals surface area contributed by atoms with Crippen LogP contribution < -0.4 is 21.7 Å². The molecular weight excluding hydrogens is 989 g/mol. The highest BCUT2D eigenvalue weighted by Gasteiger charge is 2.56. The number of rotatable bonds is 21. The molecule has 5 atom stereocenters. The van der Waals surface area contributed by atoms with Crippen LogP contribution in [0.15, 0.2) is 43.3 Å². The summed E-state index contributed by atoms with van der Waals surface area (Å²) in [7, 11) is 7.74. The van der Waals surface area contributed by atoms with Crippen LogP contribution in [-0.4, -0.2) is 198 Å². The van der Waals surface area contributed by atoms with Crippen molar-refractivity contribution in [2.45, 2.75) is 65.1 Å². The van der Waals surface area contributed by atoms with Crippen LogP contribution in [-0.2, 0) is 54.7 Å². The number of nitrogens with one attached hydrogen (secondary N) is 3. The van der Waals surface area contributed by atoms with Gasteiger partial charge in [-0.1, -0.05) is 23.5 Å². The van der Waals surface area contributed by atoms with Crippen molar-refractivity contribution in [3.05, 3.63) is 44.4 Å². The van der Waals surface area contributed by atoms with Crippen LogP contribution in [0.25, 0.3) is 0 Å². The molecule has 25 nitrogen and oxygen atoms in total. The second-order valence-electron chi connectivity index (χ2n) is 15.8. The van der Waals surface area contributed by atoms with Gasteiger partial charge in [-0.15, -0.1) is 56.4 Å². The molecule has 4 aromatic heterocycles. The average molecular weight is 1030 g/mol. The Kier molecular flexibility index (Phi) is 15.1. The van der Waals surface area contributed by atoms with Gasteiger partial charge in [-0.3, -0.25) is 34.2 Å². The van der Waals surface area contributed by atoms with Gasteiger partial charge in [-0.2, -0.15) is 0 Å². The first-order valence-electron chi connectivity index (χ1n) is 20.3. The van der Waals surface area contributed by atoms with E-state index in [2.05, 4.69) is 57.0 Å². The van der Waals surface area contributed by atoms with Crippen molar-refractivity contribution in [3.8, 4) is 0 Å². The molecule has 5 amide bonds. The number of aromatic nitrogens is 10. The van der Waals surface area contributed by atoms with Crippen molar-refractivity contribution < 1.29 is 33.9 Å². The molecule has 4 aliphatic heterocycles. The smallest absolute Gasteiger partial charge is 0.352 e. The minimum atomic E-state index is -1.25. The number of carbonyl (C=O) groups excluding carboxylic acids is 5. The lowest BCUT2D eigenvalue weighted by molar-refractivity contribution is -0.153. The van der Waals surface area contributed by atoms with Crippen molar-refractivity contribution in [3.63, 3.8) is 0 Å². The lowest BCUT2D eigenvalue weighted by Gasteiger charge is -2.52. The van der Waals surface area contributed by atoms with Crippen molar-refractivity contribution in [1.29, 1.82) is 0 Å². The first-order chi connectivity index (χ1) is 32.1. The molecule has 8 rings (SSSR count). The number of carboxylic acids is 1. The fraction of sp³-hybridized carbons (Fsp3) is 0.500. The molecule has 2 saturated heterocycles. The van der Waals surface area contributed by atoms with Crippen molar-refractivity contribution in [2.24, 2.45) is 0 Å². The van der Waals surface area contributed by atoms with Gasteiger partial charge in [-0.25, -0.2) is 24.1 Å². The number of carbonyl (C=O) groups is 6. The van der Waals surface area contributed by atoms with Crippen LogP contribution >= 0.6 is 69.7 Å². The van der Waals surface area contributed by atoms with E-state index in [1.807, 2.05) is 43.4 Å². The van der Waals surface area contributed by atoms with E-state index in [0.717, 1.165) is 11.3 Å². The molecule has 0 aromatic carbocycles. The van der Waals surface area contributed by atoms with Gasteiger partial charge < -0.3 is 36.2 Å². The van der Waals surface area contributed by atoms with Gasteiger partial charge >= 0.3 is 5.97 Å². The van der Waals surface area contributed by atoms with E-state index in [9.17, 15) is 33.9 Å². The summed E-state index contributed by atoms with van der Waals surface area (Å²) in [6, 6.07) is -2.92. The number of tetrazole rings is 2. The van der Waals surface area contributed by atoms with Gasteiger partial charge in [0.2, 0.25) is 28.0 Å². The van der Waals surface area contributed by atoms with Crippen LogP contribution in [0.5, 0.6) is 0 Å². The van der Waals surface area contributed by atoms with Crippen LogP contribution in [0.3, 0.4) is 0 Å². The number of thiazole rings is 2. The molecule has 6 N–H and O–H groups in total. The molecule has 31 heteroatoms. The first-order valence-corrected chi connectivity index (χ1v) is 26.0. The third-order valence-corrected chi connectivity index (χ3v) is 16.7.